The number of aliphatic hydroxyl groups is 1. The minimum atomic E-state index is 0. The number of rotatable bonds is 11. The molecule has 152 valence electrons. The van der Waals surface area contributed by atoms with Crippen LogP contribution in [-0.2, 0) is 13.2 Å². The van der Waals surface area contributed by atoms with Crippen molar-refractivity contribution in [2.45, 2.75) is 19.6 Å². The van der Waals surface area contributed by atoms with E-state index < -0.39 is 0 Å². The molecule has 0 spiro atoms. The van der Waals surface area contributed by atoms with Gasteiger partial charge in [-0.05, 0) is 70.8 Å². The Labute approximate surface area is 187 Å². The van der Waals surface area contributed by atoms with Gasteiger partial charge < -0.3 is 20.5 Å². The first kappa shape index (κ1) is 26.5. The minimum absolute atomic E-state index is 0. The van der Waals surface area contributed by atoms with Crippen molar-refractivity contribution < 1.29 is 9.84 Å². The zero-order chi connectivity index (χ0) is 17.9. The molecule has 2 aromatic carbocycles. The highest BCUT2D eigenvalue weighted by Gasteiger charge is 2.04. The molecule has 0 aliphatic heterocycles. The molecule has 2 aromatic rings. The summed E-state index contributed by atoms with van der Waals surface area (Å²) >= 11 is 9.46. The highest BCUT2D eigenvalue weighted by Crippen LogP contribution is 2.27. The van der Waals surface area contributed by atoms with Gasteiger partial charge in [-0.1, -0.05) is 29.8 Å². The number of benzene rings is 2. The Kier molecular flexibility index (Phi) is 15.1. The van der Waals surface area contributed by atoms with E-state index in [-0.39, 0.29) is 31.4 Å². The van der Waals surface area contributed by atoms with E-state index in [1.165, 1.54) is 5.56 Å². The average molecular weight is 501 g/mol. The second kappa shape index (κ2) is 15.4. The van der Waals surface area contributed by atoms with Crippen LogP contribution in [0.15, 0.2) is 46.9 Å². The maximum Gasteiger partial charge on any atom is 0.134 e. The molecule has 3 N–H and O–H groups in total. The third kappa shape index (κ3) is 10.5. The third-order valence-corrected chi connectivity index (χ3v) is 4.50. The number of hydrogen-bond acceptors (Lipinski definition) is 4. The molecule has 27 heavy (non-hydrogen) atoms. The maximum atomic E-state index is 8.68. The molecule has 8 heteroatoms. The zero-order valence-electron chi connectivity index (χ0n) is 14.9. The fourth-order valence-corrected chi connectivity index (χ4v) is 2.95. The minimum Gasteiger partial charge on any atom is -0.488 e. The van der Waals surface area contributed by atoms with Crippen LogP contribution in [0.3, 0.4) is 0 Å². The Morgan fingerprint density at radius 3 is 2.26 bits per heavy atom. The predicted molar refractivity (Wildman–Crippen MR) is 121 cm³/mol. The van der Waals surface area contributed by atoms with Gasteiger partial charge >= 0.3 is 0 Å². The largest absolute Gasteiger partial charge is 0.488 e. The van der Waals surface area contributed by atoms with Gasteiger partial charge in [0.15, 0.2) is 0 Å². The summed E-state index contributed by atoms with van der Waals surface area (Å²) < 4.78 is 6.81. The van der Waals surface area contributed by atoms with Crippen molar-refractivity contribution in [2.24, 2.45) is 0 Å². The fraction of sp³-hybridized carbons (Fsp3) is 0.368. The summed E-state index contributed by atoms with van der Waals surface area (Å²) in [6.45, 7) is 4.02. The van der Waals surface area contributed by atoms with Crippen molar-refractivity contribution in [1.29, 1.82) is 0 Å². The Hall–Kier alpha value is -0.530. The Bertz CT molecular complexity index is 645. The van der Waals surface area contributed by atoms with Crippen molar-refractivity contribution in [3.05, 3.63) is 63.1 Å². The number of hydrogen-bond donors (Lipinski definition) is 3. The summed E-state index contributed by atoms with van der Waals surface area (Å²) in [6, 6.07) is 13.8. The van der Waals surface area contributed by atoms with E-state index in [1.54, 1.807) is 0 Å². The van der Waals surface area contributed by atoms with E-state index in [4.69, 9.17) is 21.4 Å². The van der Waals surface area contributed by atoms with Crippen molar-refractivity contribution in [3.8, 4) is 5.75 Å². The van der Waals surface area contributed by atoms with E-state index in [0.29, 0.717) is 13.2 Å². The van der Waals surface area contributed by atoms with Crippen LogP contribution in [0.1, 0.15) is 17.5 Å². The lowest BCUT2D eigenvalue weighted by Gasteiger charge is -2.11. The van der Waals surface area contributed by atoms with Crippen LogP contribution in [-0.4, -0.2) is 31.3 Å². The summed E-state index contributed by atoms with van der Waals surface area (Å²) in [5.41, 5.74) is 2.28. The smallest absolute Gasteiger partial charge is 0.134 e. The topological polar surface area (TPSA) is 53.5 Å². The van der Waals surface area contributed by atoms with Gasteiger partial charge in [0, 0.05) is 18.1 Å². The molecule has 0 amide bonds. The molecular weight excluding hydrogens is 474 g/mol. The summed E-state index contributed by atoms with van der Waals surface area (Å²) in [7, 11) is 0. The first-order valence-electron chi connectivity index (χ1n) is 8.37. The number of ether oxygens (including phenoxy) is 1. The quantitative estimate of drug-likeness (QED) is 0.395. The second-order valence-electron chi connectivity index (χ2n) is 5.68. The first-order chi connectivity index (χ1) is 12.2. The van der Waals surface area contributed by atoms with Crippen LogP contribution >= 0.6 is 52.3 Å². The van der Waals surface area contributed by atoms with Gasteiger partial charge in [0.1, 0.15) is 12.4 Å². The highest BCUT2D eigenvalue weighted by atomic mass is 79.9. The van der Waals surface area contributed by atoms with Crippen LogP contribution in [0.5, 0.6) is 5.75 Å². The van der Waals surface area contributed by atoms with Crippen LogP contribution < -0.4 is 15.4 Å². The molecule has 0 aliphatic carbocycles. The molecule has 0 bridgehead atoms. The Morgan fingerprint density at radius 1 is 0.926 bits per heavy atom. The van der Waals surface area contributed by atoms with Gasteiger partial charge in [-0.15, -0.1) is 24.8 Å². The van der Waals surface area contributed by atoms with Gasteiger partial charge in [0.25, 0.3) is 0 Å². The van der Waals surface area contributed by atoms with E-state index in [9.17, 15) is 0 Å². The van der Waals surface area contributed by atoms with Gasteiger partial charge in [-0.25, -0.2) is 0 Å². The monoisotopic (exact) mass is 498 g/mol. The molecular formula is C19H26BrCl3N2O2. The molecule has 4 nitrogen and oxygen atoms in total. The standard InChI is InChI=1S/C19H24BrClN2O2.2ClH/c20-18-12-16(13-23-9-1-8-22-10-11-24)4-7-19(18)25-14-15-2-5-17(21)6-3-15;;/h2-7,12,22-24H,1,8-11,13-14H2;2*1H. The summed E-state index contributed by atoms with van der Waals surface area (Å²) in [5, 5.41) is 16.0. The van der Waals surface area contributed by atoms with Crippen molar-refractivity contribution in [1.82, 2.24) is 10.6 Å². The first-order valence-corrected chi connectivity index (χ1v) is 9.54. The van der Waals surface area contributed by atoms with Crippen molar-refractivity contribution in [2.75, 3.05) is 26.2 Å². The number of nitrogens with one attached hydrogen (secondary N) is 2. The maximum absolute atomic E-state index is 8.68. The number of aliphatic hydroxyl groups excluding tert-OH is 1. The Morgan fingerprint density at radius 2 is 1.59 bits per heavy atom. The predicted octanol–water partition coefficient (Wildman–Crippen LogP) is 4.59. The number of halogens is 4. The van der Waals surface area contributed by atoms with E-state index >= 15 is 0 Å². The van der Waals surface area contributed by atoms with Gasteiger partial charge in [-0.3, -0.25) is 0 Å². The molecule has 0 unspecified atom stereocenters. The van der Waals surface area contributed by atoms with E-state index in [1.807, 2.05) is 30.3 Å². The normalized spacial score (nSPS) is 10.0. The molecule has 0 saturated carbocycles. The molecule has 0 aromatic heterocycles. The third-order valence-electron chi connectivity index (χ3n) is 3.63. The highest BCUT2D eigenvalue weighted by molar-refractivity contribution is 9.10. The summed E-state index contributed by atoms with van der Waals surface area (Å²) in [5.74, 6) is 0.826. The lowest BCUT2D eigenvalue weighted by atomic mass is 10.2. The van der Waals surface area contributed by atoms with E-state index in [0.717, 1.165) is 46.9 Å². The van der Waals surface area contributed by atoms with Crippen LogP contribution in [0.2, 0.25) is 5.02 Å². The van der Waals surface area contributed by atoms with Crippen molar-refractivity contribution in [3.63, 3.8) is 0 Å². The SMILES string of the molecule is Cl.Cl.OCCNCCCNCc1ccc(OCc2ccc(Cl)cc2)c(Br)c1. The van der Waals surface area contributed by atoms with Crippen molar-refractivity contribution >= 4 is 52.3 Å². The summed E-state index contributed by atoms with van der Waals surface area (Å²) in [4.78, 5) is 0. The molecule has 0 radical (unpaired) electrons. The zero-order valence-corrected chi connectivity index (χ0v) is 18.9. The lowest BCUT2D eigenvalue weighted by Crippen LogP contribution is -2.23. The van der Waals surface area contributed by atoms with Crippen LogP contribution in [0.4, 0.5) is 0 Å². The molecule has 0 aliphatic rings. The van der Waals surface area contributed by atoms with Crippen LogP contribution in [0, 0.1) is 0 Å². The summed E-state index contributed by atoms with van der Waals surface area (Å²) in [6.07, 6.45) is 1.03. The average Bonchev–Trinajstić information content (AvgIpc) is 2.61. The lowest BCUT2D eigenvalue weighted by molar-refractivity contribution is 0.292. The van der Waals surface area contributed by atoms with Gasteiger partial charge in [0.05, 0.1) is 11.1 Å². The molecule has 0 atom stereocenters. The molecule has 0 saturated heterocycles. The Balaban J connectivity index is 0.00000338. The molecule has 0 fully saturated rings. The molecule has 2 rings (SSSR count). The fourth-order valence-electron chi connectivity index (χ4n) is 2.29. The van der Waals surface area contributed by atoms with E-state index in [2.05, 4.69) is 38.7 Å². The second-order valence-corrected chi connectivity index (χ2v) is 6.97. The van der Waals surface area contributed by atoms with Gasteiger partial charge in [-0.2, -0.15) is 0 Å². The van der Waals surface area contributed by atoms with Gasteiger partial charge in [0.2, 0.25) is 0 Å². The molecule has 0 heterocycles. The van der Waals surface area contributed by atoms with Crippen LogP contribution in [0.25, 0.3) is 0 Å².